The van der Waals surface area contributed by atoms with Crippen molar-refractivity contribution in [3.8, 4) is 0 Å². The average Bonchev–Trinajstić information content (AvgIpc) is 2.15. The molecule has 16 heavy (non-hydrogen) atoms. The maximum Gasteiger partial charge on any atom is 0.333 e. The largest absolute Gasteiger partial charge is 0.481 e. The number of rotatable bonds is 6. The van der Waals surface area contributed by atoms with E-state index in [1.807, 2.05) is 19.9 Å². The third-order valence-corrected chi connectivity index (χ3v) is 2.11. The molecule has 0 radical (unpaired) electrons. The van der Waals surface area contributed by atoms with Gasteiger partial charge in [0.1, 0.15) is 0 Å². The third kappa shape index (κ3) is 6.22. The lowest BCUT2D eigenvalue weighted by atomic mass is 10.1. The molecule has 0 aliphatic carbocycles. The summed E-state index contributed by atoms with van der Waals surface area (Å²) in [6.45, 7) is 7.39. The summed E-state index contributed by atoms with van der Waals surface area (Å²) < 4.78 is 4.95. The van der Waals surface area contributed by atoms with Crippen LogP contribution in [-0.4, -0.2) is 23.7 Å². The Labute approximate surface area is 96.3 Å². The van der Waals surface area contributed by atoms with E-state index in [0.29, 0.717) is 17.9 Å². The normalized spacial score (nSPS) is 13.7. The van der Waals surface area contributed by atoms with Gasteiger partial charge in [-0.2, -0.15) is 0 Å². The van der Waals surface area contributed by atoms with Crippen molar-refractivity contribution in [3.63, 3.8) is 0 Å². The molecule has 0 spiro atoms. The number of hydrogen-bond donors (Lipinski definition) is 1. The van der Waals surface area contributed by atoms with E-state index < -0.39 is 11.9 Å². The summed E-state index contributed by atoms with van der Waals surface area (Å²) in [5.41, 5.74) is 0.568. The molecule has 0 saturated carbocycles. The molecule has 4 nitrogen and oxygen atoms in total. The predicted molar refractivity (Wildman–Crippen MR) is 61.0 cm³/mol. The maximum atomic E-state index is 11.4. The minimum absolute atomic E-state index is 0.148. The molecule has 1 atom stereocenters. The summed E-state index contributed by atoms with van der Waals surface area (Å²) in [4.78, 5) is 21.9. The molecule has 0 aliphatic heterocycles. The van der Waals surface area contributed by atoms with Crippen LogP contribution in [0.3, 0.4) is 0 Å². The van der Waals surface area contributed by atoms with Gasteiger partial charge in [-0.3, -0.25) is 4.79 Å². The average molecular weight is 228 g/mol. The number of carbonyl (C=O) groups excluding carboxylic acids is 1. The van der Waals surface area contributed by atoms with Crippen molar-refractivity contribution in [1.82, 2.24) is 0 Å². The van der Waals surface area contributed by atoms with Gasteiger partial charge in [-0.1, -0.05) is 26.8 Å². The molecular weight excluding hydrogens is 208 g/mol. The van der Waals surface area contributed by atoms with Gasteiger partial charge in [0.05, 0.1) is 12.5 Å². The summed E-state index contributed by atoms with van der Waals surface area (Å²) in [6, 6.07) is 0. The Hall–Kier alpha value is -1.32. The number of carboxylic acid groups (broad SMARTS) is 1. The van der Waals surface area contributed by atoms with Crippen LogP contribution in [0.25, 0.3) is 0 Å². The summed E-state index contributed by atoms with van der Waals surface area (Å²) in [7, 11) is 0. The smallest absolute Gasteiger partial charge is 0.333 e. The molecule has 4 heteroatoms. The molecule has 0 heterocycles. The van der Waals surface area contributed by atoms with Crippen molar-refractivity contribution in [2.75, 3.05) is 6.61 Å². The molecule has 0 fully saturated rings. The Bertz CT molecular complexity index is 279. The van der Waals surface area contributed by atoms with Crippen LogP contribution in [0.15, 0.2) is 11.6 Å². The fraction of sp³-hybridized carbons (Fsp3) is 0.667. The zero-order chi connectivity index (χ0) is 12.7. The van der Waals surface area contributed by atoms with Gasteiger partial charge in [-0.05, 0) is 19.3 Å². The molecule has 1 unspecified atom stereocenters. The van der Waals surface area contributed by atoms with Gasteiger partial charge < -0.3 is 9.84 Å². The SMILES string of the molecule is CC(=CC(C)C)C(=O)OCCC(C)C(=O)O. The molecular formula is C12H20O4. The van der Waals surface area contributed by atoms with Crippen LogP contribution in [0.1, 0.15) is 34.1 Å². The Morgan fingerprint density at radius 2 is 1.88 bits per heavy atom. The van der Waals surface area contributed by atoms with Crippen molar-refractivity contribution >= 4 is 11.9 Å². The molecule has 0 aromatic carbocycles. The van der Waals surface area contributed by atoms with Crippen LogP contribution < -0.4 is 0 Å². The van der Waals surface area contributed by atoms with Gasteiger partial charge >= 0.3 is 11.9 Å². The Balaban J connectivity index is 3.95. The van der Waals surface area contributed by atoms with Crippen LogP contribution in [0, 0.1) is 11.8 Å². The first-order valence-corrected chi connectivity index (χ1v) is 5.43. The third-order valence-electron chi connectivity index (χ3n) is 2.11. The molecule has 0 bridgehead atoms. The number of aliphatic carboxylic acids is 1. The Morgan fingerprint density at radius 1 is 1.31 bits per heavy atom. The predicted octanol–water partition coefficient (Wildman–Crippen LogP) is 2.24. The van der Waals surface area contributed by atoms with Gasteiger partial charge in [0.25, 0.3) is 0 Å². The highest BCUT2D eigenvalue weighted by Gasteiger charge is 2.12. The molecule has 0 aliphatic rings. The molecule has 1 N–H and O–H groups in total. The number of carbonyl (C=O) groups is 2. The Kier molecular flexibility index (Phi) is 6.46. The van der Waals surface area contributed by atoms with E-state index >= 15 is 0 Å². The first-order valence-electron chi connectivity index (χ1n) is 5.43. The van der Waals surface area contributed by atoms with Crippen molar-refractivity contribution < 1.29 is 19.4 Å². The first kappa shape index (κ1) is 14.7. The van der Waals surface area contributed by atoms with E-state index in [9.17, 15) is 9.59 Å². The lowest BCUT2D eigenvalue weighted by Crippen LogP contribution is -2.15. The molecule has 92 valence electrons. The summed E-state index contributed by atoms with van der Waals surface area (Å²) >= 11 is 0. The topological polar surface area (TPSA) is 63.6 Å². The van der Waals surface area contributed by atoms with Crippen molar-refractivity contribution in [2.45, 2.75) is 34.1 Å². The quantitative estimate of drug-likeness (QED) is 0.559. The monoisotopic (exact) mass is 228 g/mol. The number of hydrogen-bond acceptors (Lipinski definition) is 3. The first-order chi connectivity index (χ1) is 7.34. The summed E-state index contributed by atoms with van der Waals surface area (Å²) in [6.07, 6.45) is 2.17. The van der Waals surface area contributed by atoms with E-state index in [1.54, 1.807) is 13.8 Å². The van der Waals surface area contributed by atoms with Crippen LogP contribution in [0.4, 0.5) is 0 Å². The summed E-state index contributed by atoms with van der Waals surface area (Å²) in [5.74, 6) is -1.43. The molecule has 0 aromatic heterocycles. The van der Waals surface area contributed by atoms with E-state index in [2.05, 4.69) is 0 Å². The van der Waals surface area contributed by atoms with Gasteiger partial charge in [-0.15, -0.1) is 0 Å². The van der Waals surface area contributed by atoms with E-state index in [-0.39, 0.29) is 12.6 Å². The minimum Gasteiger partial charge on any atom is -0.481 e. The second-order valence-corrected chi connectivity index (χ2v) is 4.26. The lowest BCUT2D eigenvalue weighted by Gasteiger charge is -2.08. The van der Waals surface area contributed by atoms with Gasteiger partial charge in [-0.25, -0.2) is 4.79 Å². The van der Waals surface area contributed by atoms with E-state index in [4.69, 9.17) is 9.84 Å². The van der Waals surface area contributed by atoms with Gasteiger partial charge in [0.15, 0.2) is 0 Å². The van der Waals surface area contributed by atoms with Gasteiger partial charge in [0, 0.05) is 5.57 Å². The second kappa shape index (κ2) is 7.04. The number of esters is 1. The lowest BCUT2D eigenvalue weighted by molar-refractivity contribution is -0.145. The number of carboxylic acids is 1. The standard InChI is InChI=1S/C12H20O4/c1-8(2)7-10(4)12(15)16-6-5-9(3)11(13)14/h7-9H,5-6H2,1-4H3,(H,13,14). The van der Waals surface area contributed by atoms with Crippen molar-refractivity contribution in [3.05, 3.63) is 11.6 Å². The number of ether oxygens (including phenoxy) is 1. The van der Waals surface area contributed by atoms with Crippen LogP contribution in [0.2, 0.25) is 0 Å². The van der Waals surface area contributed by atoms with Crippen molar-refractivity contribution in [2.24, 2.45) is 11.8 Å². The zero-order valence-corrected chi connectivity index (χ0v) is 10.3. The molecule has 0 rings (SSSR count). The molecule has 0 saturated heterocycles. The molecule has 0 amide bonds. The fourth-order valence-electron chi connectivity index (χ4n) is 1.13. The van der Waals surface area contributed by atoms with Crippen LogP contribution in [0.5, 0.6) is 0 Å². The summed E-state index contributed by atoms with van der Waals surface area (Å²) in [5, 5.41) is 8.62. The van der Waals surface area contributed by atoms with Crippen LogP contribution >= 0.6 is 0 Å². The second-order valence-electron chi connectivity index (χ2n) is 4.26. The van der Waals surface area contributed by atoms with Gasteiger partial charge in [0.2, 0.25) is 0 Å². The fourth-order valence-corrected chi connectivity index (χ4v) is 1.13. The zero-order valence-electron chi connectivity index (χ0n) is 10.3. The van der Waals surface area contributed by atoms with E-state index in [0.717, 1.165) is 0 Å². The van der Waals surface area contributed by atoms with Crippen LogP contribution in [-0.2, 0) is 14.3 Å². The van der Waals surface area contributed by atoms with Crippen molar-refractivity contribution in [1.29, 1.82) is 0 Å². The maximum absolute atomic E-state index is 11.4. The highest BCUT2D eigenvalue weighted by Crippen LogP contribution is 2.06. The number of allylic oxidation sites excluding steroid dienone is 1. The highest BCUT2D eigenvalue weighted by atomic mass is 16.5. The Morgan fingerprint density at radius 3 is 2.31 bits per heavy atom. The van der Waals surface area contributed by atoms with E-state index in [1.165, 1.54) is 0 Å². The molecule has 0 aromatic rings. The minimum atomic E-state index is -0.870. The highest BCUT2D eigenvalue weighted by molar-refractivity contribution is 5.87.